The molecule has 15 heteroatoms. The number of halogens is 4. The number of esters is 2. The number of ether oxygens (including phenoxy) is 5. The molecule has 4 aromatic rings. The molecule has 50 heavy (non-hydrogen) atoms. The summed E-state index contributed by atoms with van der Waals surface area (Å²) in [5.74, 6) is -0.356. The standard InChI is InChI=1S/C35H30Cl4N2O8S/c1-5-46-27-14-20(8-10-26(27)48-17-29(42)45-4)31-30(34(44)47-6-2)18(3)40-35-41(31)33(43)28(50-35)13-19-11-24(38)32(25(39)12-19)49-16-21-7-9-22(36)15-23(21)37/h7-15,31H,5-6,16-17H2,1-4H3/b28-13-/t31-/m0/s1. The summed E-state index contributed by atoms with van der Waals surface area (Å²) in [7, 11) is 1.26. The number of rotatable bonds is 12. The Morgan fingerprint density at radius 3 is 2.32 bits per heavy atom. The van der Waals surface area contributed by atoms with Gasteiger partial charge in [0.15, 0.2) is 28.7 Å². The molecule has 262 valence electrons. The molecule has 0 bridgehead atoms. The number of aromatic nitrogens is 1. The van der Waals surface area contributed by atoms with Crippen molar-refractivity contribution in [3.05, 3.63) is 116 Å². The predicted octanol–water partition coefficient (Wildman–Crippen LogP) is 6.94. The number of methoxy groups -OCH3 is 1. The molecule has 1 aliphatic rings. The fourth-order valence-corrected chi connectivity index (χ4v) is 7.25. The number of carbonyl (C=O) groups excluding carboxylic acids is 2. The first-order valence-electron chi connectivity index (χ1n) is 15.2. The Hall–Kier alpha value is -4.00. The first kappa shape index (κ1) is 37.3. The molecule has 0 saturated heterocycles. The number of benzene rings is 3. The lowest BCUT2D eigenvalue weighted by Gasteiger charge is -2.25. The molecule has 5 rings (SSSR count). The lowest BCUT2D eigenvalue weighted by atomic mass is 9.95. The lowest BCUT2D eigenvalue weighted by molar-refractivity contribution is -0.143. The minimum atomic E-state index is -0.927. The Balaban J connectivity index is 1.56. The zero-order chi connectivity index (χ0) is 36.1. The quantitative estimate of drug-likeness (QED) is 0.142. The number of thiazole rings is 1. The molecular weight excluding hydrogens is 750 g/mol. The Bertz CT molecular complexity index is 2160. The summed E-state index contributed by atoms with van der Waals surface area (Å²) in [4.78, 5) is 44.2. The Morgan fingerprint density at radius 1 is 0.920 bits per heavy atom. The van der Waals surface area contributed by atoms with Gasteiger partial charge in [-0.05, 0) is 74.4 Å². The molecule has 1 aliphatic heterocycles. The molecule has 0 spiro atoms. The summed E-state index contributed by atoms with van der Waals surface area (Å²) in [6, 6.07) is 12.3. The average molecular weight is 781 g/mol. The van der Waals surface area contributed by atoms with Crippen molar-refractivity contribution in [3.63, 3.8) is 0 Å². The highest BCUT2D eigenvalue weighted by Crippen LogP contribution is 2.38. The van der Waals surface area contributed by atoms with Crippen LogP contribution in [0.3, 0.4) is 0 Å². The zero-order valence-electron chi connectivity index (χ0n) is 27.2. The van der Waals surface area contributed by atoms with Crippen LogP contribution in [0.1, 0.15) is 43.5 Å². The van der Waals surface area contributed by atoms with Crippen molar-refractivity contribution < 1.29 is 33.3 Å². The molecule has 0 unspecified atom stereocenters. The molecule has 3 aromatic carbocycles. The molecule has 1 aromatic heterocycles. The molecule has 0 fully saturated rings. The number of hydrogen-bond donors (Lipinski definition) is 0. The molecular formula is C35H30Cl4N2O8S. The maximum Gasteiger partial charge on any atom is 0.343 e. The molecule has 10 nitrogen and oxygen atoms in total. The molecule has 0 amide bonds. The minimum Gasteiger partial charge on any atom is -0.490 e. The number of nitrogens with zero attached hydrogens (tertiary/aromatic N) is 2. The summed E-state index contributed by atoms with van der Waals surface area (Å²) >= 11 is 26.6. The predicted molar refractivity (Wildman–Crippen MR) is 193 cm³/mol. The Labute approximate surface area is 311 Å². The third kappa shape index (κ3) is 8.14. The van der Waals surface area contributed by atoms with Gasteiger partial charge >= 0.3 is 11.9 Å². The monoisotopic (exact) mass is 778 g/mol. The van der Waals surface area contributed by atoms with Crippen LogP contribution in [0.25, 0.3) is 6.08 Å². The maximum absolute atomic E-state index is 14.2. The fourth-order valence-electron chi connectivity index (χ4n) is 5.13. The summed E-state index contributed by atoms with van der Waals surface area (Å²) in [6.07, 6.45) is 1.64. The van der Waals surface area contributed by atoms with E-state index >= 15 is 0 Å². The van der Waals surface area contributed by atoms with E-state index in [1.165, 1.54) is 11.7 Å². The molecule has 0 N–H and O–H groups in total. The largest absolute Gasteiger partial charge is 0.490 e. The first-order valence-corrected chi connectivity index (χ1v) is 17.5. The maximum atomic E-state index is 14.2. The average Bonchev–Trinajstić information content (AvgIpc) is 3.37. The van der Waals surface area contributed by atoms with Crippen molar-refractivity contribution in [1.29, 1.82) is 0 Å². The van der Waals surface area contributed by atoms with Gasteiger partial charge in [0.2, 0.25) is 0 Å². The van der Waals surface area contributed by atoms with E-state index in [-0.39, 0.29) is 53.5 Å². The van der Waals surface area contributed by atoms with Crippen molar-refractivity contribution in [2.24, 2.45) is 4.99 Å². The van der Waals surface area contributed by atoms with Crippen molar-refractivity contribution in [2.45, 2.75) is 33.4 Å². The molecule has 0 aliphatic carbocycles. The van der Waals surface area contributed by atoms with Crippen LogP contribution in [0.4, 0.5) is 0 Å². The molecule has 0 saturated carbocycles. The summed E-state index contributed by atoms with van der Waals surface area (Å²) in [5, 5.41) is 1.38. The van der Waals surface area contributed by atoms with E-state index in [0.29, 0.717) is 47.5 Å². The van der Waals surface area contributed by atoms with Gasteiger partial charge in [-0.3, -0.25) is 9.36 Å². The van der Waals surface area contributed by atoms with Gasteiger partial charge in [0.1, 0.15) is 6.61 Å². The topological polar surface area (TPSA) is 115 Å². The van der Waals surface area contributed by atoms with Gasteiger partial charge < -0.3 is 23.7 Å². The van der Waals surface area contributed by atoms with Crippen molar-refractivity contribution in [3.8, 4) is 17.2 Å². The second-order valence-corrected chi connectivity index (χ2v) is 13.3. The highest BCUT2D eigenvalue weighted by atomic mass is 35.5. The number of fused-ring (bicyclic) bond motifs is 1. The van der Waals surface area contributed by atoms with E-state index in [4.69, 9.17) is 65.4 Å². The highest BCUT2D eigenvalue weighted by Gasteiger charge is 2.34. The second-order valence-electron chi connectivity index (χ2n) is 10.6. The molecule has 2 heterocycles. The number of carbonyl (C=O) groups is 2. The van der Waals surface area contributed by atoms with Gasteiger partial charge in [-0.1, -0.05) is 69.9 Å². The van der Waals surface area contributed by atoms with E-state index < -0.39 is 23.5 Å². The Kier molecular flexibility index (Phi) is 12.2. The van der Waals surface area contributed by atoms with Crippen LogP contribution in [-0.2, 0) is 25.7 Å². The Morgan fingerprint density at radius 2 is 1.66 bits per heavy atom. The van der Waals surface area contributed by atoms with Crippen LogP contribution in [0.2, 0.25) is 20.1 Å². The van der Waals surface area contributed by atoms with Crippen LogP contribution in [0.15, 0.2) is 69.6 Å². The van der Waals surface area contributed by atoms with Crippen LogP contribution >= 0.6 is 57.7 Å². The summed E-state index contributed by atoms with van der Waals surface area (Å²) in [5.41, 5.74) is 1.91. The van der Waals surface area contributed by atoms with Gasteiger partial charge in [-0.25, -0.2) is 14.6 Å². The fraction of sp³-hybridized carbons (Fsp3) is 0.257. The molecule has 0 radical (unpaired) electrons. The summed E-state index contributed by atoms with van der Waals surface area (Å²) in [6.45, 7) is 5.33. The first-order chi connectivity index (χ1) is 23.9. The number of allylic oxidation sites excluding steroid dienone is 1. The van der Waals surface area contributed by atoms with E-state index in [1.54, 1.807) is 75.4 Å². The van der Waals surface area contributed by atoms with Crippen molar-refractivity contribution in [1.82, 2.24) is 4.57 Å². The van der Waals surface area contributed by atoms with Crippen molar-refractivity contribution in [2.75, 3.05) is 26.9 Å². The van der Waals surface area contributed by atoms with Gasteiger partial charge in [-0.2, -0.15) is 0 Å². The number of hydrogen-bond acceptors (Lipinski definition) is 10. The van der Waals surface area contributed by atoms with Gasteiger partial charge in [0, 0.05) is 15.6 Å². The minimum absolute atomic E-state index is 0.0962. The van der Waals surface area contributed by atoms with E-state index in [1.807, 2.05) is 0 Å². The SMILES string of the molecule is CCOC(=O)C1=C(C)N=c2s/c(=C\c3cc(Cl)c(OCc4ccc(Cl)cc4Cl)c(Cl)c3)c(=O)n2[C@H]1c1ccc(OCC(=O)OC)c(OCC)c1. The van der Waals surface area contributed by atoms with Crippen LogP contribution in [0, 0.1) is 0 Å². The third-order valence-corrected chi connectivity index (χ3v) is 9.51. The second kappa shape index (κ2) is 16.3. The molecule has 1 atom stereocenters. The smallest absolute Gasteiger partial charge is 0.343 e. The zero-order valence-corrected chi connectivity index (χ0v) is 31.0. The highest BCUT2D eigenvalue weighted by molar-refractivity contribution is 7.07. The lowest BCUT2D eigenvalue weighted by Crippen LogP contribution is -2.40. The van der Waals surface area contributed by atoms with Gasteiger partial charge in [0.05, 0.1) is 52.2 Å². The normalized spacial score (nSPS) is 14.2. The van der Waals surface area contributed by atoms with Gasteiger partial charge in [-0.15, -0.1) is 0 Å². The van der Waals surface area contributed by atoms with Crippen LogP contribution in [-0.4, -0.2) is 43.4 Å². The van der Waals surface area contributed by atoms with E-state index in [2.05, 4.69) is 9.73 Å². The van der Waals surface area contributed by atoms with Gasteiger partial charge in [0.25, 0.3) is 5.56 Å². The third-order valence-electron chi connectivity index (χ3n) is 7.38. The van der Waals surface area contributed by atoms with Crippen LogP contribution in [0.5, 0.6) is 17.2 Å². The van der Waals surface area contributed by atoms with Crippen molar-refractivity contribution >= 4 is 75.8 Å². The van der Waals surface area contributed by atoms with E-state index in [0.717, 1.165) is 11.3 Å². The van der Waals surface area contributed by atoms with E-state index in [9.17, 15) is 14.4 Å². The van der Waals surface area contributed by atoms with Crippen LogP contribution < -0.4 is 29.1 Å². The summed E-state index contributed by atoms with van der Waals surface area (Å²) < 4.78 is 29.2.